The van der Waals surface area contributed by atoms with Crippen LogP contribution in [0.25, 0.3) is 10.7 Å². The van der Waals surface area contributed by atoms with Gasteiger partial charge in [-0.05, 0) is 29.1 Å². The quantitative estimate of drug-likeness (QED) is 0.618. The van der Waals surface area contributed by atoms with Gasteiger partial charge >= 0.3 is 0 Å². The first-order chi connectivity index (χ1) is 11.7. The van der Waals surface area contributed by atoms with Gasteiger partial charge in [0, 0.05) is 10.2 Å². The lowest BCUT2D eigenvalue weighted by molar-refractivity contribution is -0.118. The minimum Gasteiger partial charge on any atom is -0.346 e. The van der Waals surface area contributed by atoms with Crippen molar-refractivity contribution in [3.8, 4) is 10.7 Å². The van der Waals surface area contributed by atoms with Crippen molar-refractivity contribution in [1.29, 1.82) is 0 Å². The van der Waals surface area contributed by atoms with Crippen LogP contribution < -0.4 is 5.32 Å². The molecule has 1 N–H and O–H groups in total. The average Bonchev–Trinajstić information content (AvgIpc) is 3.26. The molecule has 1 amide bonds. The number of benzene rings is 1. The molecule has 0 fully saturated rings. The van der Waals surface area contributed by atoms with Crippen LogP contribution in [0.5, 0.6) is 0 Å². The third kappa shape index (κ3) is 4.93. The molecular formula is C16H14BrN3O2S2. The van der Waals surface area contributed by atoms with Crippen LogP contribution in [0.2, 0.25) is 0 Å². The van der Waals surface area contributed by atoms with E-state index < -0.39 is 0 Å². The highest BCUT2D eigenvalue weighted by Crippen LogP contribution is 2.21. The number of halogens is 1. The molecule has 3 rings (SSSR count). The van der Waals surface area contributed by atoms with E-state index in [0.29, 0.717) is 17.5 Å². The van der Waals surface area contributed by atoms with Crippen molar-refractivity contribution in [1.82, 2.24) is 15.5 Å². The van der Waals surface area contributed by atoms with E-state index in [0.717, 1.165) is 15.1 Å². The zero-order valence-electron chi connectivity index (χ0n) is 12.6. The summed E-state index contributed by atoms with van der Waals surface area (Å²) in [5, 5.41) is 8.66. The minimum atomic E-state index is -0.0482. The number of aromatic nitrogens is 2. The highest BCUT2D eigenvalue weighted by molar-refractivity contribution is 9.10. The first-order valence-electron chi connectivity index (χ1n) is 7.16. The van der Waals surface area contributed by atoms with Crippen LogP contribution in [0.1, 0.15) is 11.5 Å². The maximum absolute atomic E-state index is 11.9. The van der Waals surface area contributed by atoms with Crippen LogP contribution in [-0.2, 0) is 17.1 Å². The fourth-order valence-electron chi connectivity index (χ4n) is 1.90. The van der Waals surface area contributed by atoms with Gasteiger partial charge in [-0.3, -0.25) is 4.79 Å². The molecule has 5 nitrogen and oxygen atoms in total. The maximum Gasteiger partial charge on any atom is 0.246 e. The molecule has 0 saturated carbocycles. The van der Waals surface area contributed by atoms with Crippen LogP contribution in [0.15, 0.2) is 50.8 Å². The average molecular weight is 424 g/mol. The van der Waals surface area contributed by atoms with Crippen LogP contribution >= 0.6 is 39.0 Å². The van der Waals surface area contributed by atoms with Gasteiger partial charge in [0.1, 0.15) is 0 Å². The summed E-state index contributed by atoms with van der Waals surface area (Å²) in [7, 11) is 0. The summed E-state index contributed by atoms with van der Waals surface area (Å²) >= 11 is 6.51. The molecule has 1 aromatic carbocycles. The van der Waals surface area contributed by atoms with E-state index in [1.54, 1.807) is 23.1 Å². The summed E-state index contributed by atoms with van der Waals surface area (Å²) in [6, 6.07) is 11.9. The third-order valence-electron chi connectivity index (χ3n) is 3.06. The fraction of sp³-hybridized carbons (Fsp3) is 0.188. The van der Waals surface area contributed by atoms with E-state index in [4.69, 9.17) is 4.52 Å². The van der Waals surface area contributed by atoms with Gasteiger partial charge in [-0.1, -0.05) is 39.3 Å². The Hall–Kier alpha value is -1.64. The topological polar surface area (TPSA) is 68.0 Å². The molecule has 0 radical (unpaired) electrons. The van der Waals surface area contributed by atoms with Crippen LogP contribution in [-0.4, -0.2) is 21.8 Å². The predicted octanol–water partition coefficient (Wildman–Crippen LogP) is 4.11. The summed E-state index contributed by atoms with van der Waals surface area (Å²) in [4.78, 5) is 17.1. The molecule has 0 atom stereocenters. The largest absolute Gasteiger partial charge is 0.346 e. The summed E-state index contributed by atoms with van der Waals surface area (Å²) in [5.74, 6) is 2.10. The molecule has 0 aliphatic rings. The number of amides is 1. The Morgan fingerprint density at radius 1 is 1.29 bits per heavy atom. The second-order valence-corrected chi connectivity index (χ2v) is 7.73. The minimum absolute atomic E-state index is 0.0482. The van der Waals surface area contributed by atoms with Crippen molar-refractivity contribution < 1.29 is 9.32 Å². The van der Waals surface area contributed by atoms with Crippen LogP contribution in [0.3, 0.4) is 0 Å². The number of carbonyl (C=O) groups excluding carboxylic acids is 1. The van der Waals surface area contributed by atoms with Gasteiger partial charge in [0.15, 0.2) is 0 Å². The Kier molecular flexibility index (Phi) is 6.06. The SMILES string of the molecule is O=C(CSCc1ccc(Br)cc1)NCc1nc(-c2cccs2)no1. The molecule has 0 aliphatic carbocycles. The molecule has 124 valence electrons. The van der Waals surface area contributed by atoms with Crippen molar-refractivity contribution in [2.75, 3.05) is 5.75 Å². The van der Waals surface area contributed by atoms with E-state index in [1.807, 2.05) is 41.8 Å². The molecule has 0 bridgehead atoms. The zero-order valence-corrected chi connectivity index (χ0v) is 15.8. The third-order valence-corrected chi connectivity index (χ3v) is 5.46. The summed E-state index contributed by atoms with van der Waals surface area (Å²) in [6.45, 7) is 0.246. The standard InChI is InChI=1S/C16H14BrN3O2S2/c17-12-5-3-11(4-6-12)9-23-10-14(21)18-8-15-19-16(20-22-15)13-2-1-7-24-13/h1-7H,8-10H2,(H,18,21). The summed E-state index contributed by atoms with van der Waals surface area (Å²) in [6.07, 6.45) is 0. The molecule has 0 unspecified atom stereocenters. The van der Waals surface area contributed by atoms with Gasteiger partial charge in [0.05, 0.1) is 17.2 Å². The Bertz CT molecular complexity index is 788. The number of hydrogen-bond donors (Lipinski definition) is 1. The lowest BCUT2D eigenvalue weighted by Crippen LogP contribution is -2.24. The Morgan fingerprint density at radius 3 is 2.88 bits per heavy atom. The van der Waals surface area contributed by atoms with Crippen molar-refractivity contribution >= 4 is 44.9 Å². The predicted molar refractivity (Wildman–Crippen MR) is 99.8 cm³/mol. The molecular weight excluding hydrogens is 410 g/mol. The van der Waals surface area contributed by atoms with Crippen molar-refractivity contribution in [3.05, 3.63) is 57.7 Å². The summed E-state index contributed by atoms with van der Waals surface area (Å²) < 4.78 is 6.19. The lowest BCUT2D eigenvalue weighted by atomic mass is 10.2. The molecule has 0 spiro atoms. The number of nitrogens with one attached hydrogen (secondary N) is 1. The van der Waals surface area contributed by atoms with Crippen LogP contribution in [0, 0.1) is 0 Å². The van der Waals surface area contributed by atoms with E-state index in [1.165, 1.54) is 5.56 Å². The number of rotatable bonds is 7. The van der Waals surface area contributed by atoms with Gasteiger partial charge < -0.3 is 9.84 Å². The smallest absolute Gasteiger partial charge is 0.246 e. The van der Waals surface area contributed by atoms with E-state index in [-0.39, 0.29) is 12.5 Å². The first kappa shape index (κ1) is 17.2. The van der Waals surface area contributed by atoms with Gasteiger partial charge in [-0.2, -0.15) is 4.98 Å². The van der Waals surface area contributed by atoms with Crippen molar-refractivity contribution in [2.24, 2.45) is 0 Å². The number of carbonyl (C=O) groups is 1. The van der Waals surface area contributed by atoms with Gasteiger partial charge in [-0.15, -0.1) is 23.1 Å². The summed E-state index contributed by atoms with van der Waals surface area (Å²) in [5.41, 5.74) is 1.19. The first-order valence-corrected chi connectivity index (χ1v) is 9.99. The second-order valence-electron chi connectivity index (χ2n) is 4.89. The molecule has 2 aromatic heterocycles. The second kappa shape index (κ2) is 8.46. The fourth-order valence-corrected chi connectivity index (χ4v) is 3.63. The molecule has 8 heteroatoms. The molecule has 24 heavy (non-hydrogen) atoms. The van der Waals surface area contributed by atoms with Crippen molar-refractivity contribution in [3.63, 3.8) is 0 Å². The van der Waals surface area contributed by atoms with Gasteiger partial charge in [0.25, 0.3) is 0 Å². The molecule has 3 aromatic rings. The molecule has 0 saturated heterocycles. The molecule has 2 heterocycles. The Morgan fingerprint density at radius 2 is 2.12 bits per heavy atom. The highest BCUT2D eigenvalue weighted by Gasteiger charge is 2.10. The van der Waals surface area contributed by atoms with E-state index in [2.05, 4.69) is 31.4 Å². The Balaban J connectivity index is 1.40. The number of thioether (sulfide) groups is 1. The van der Waals surface area contributed by atoms with Gasteiger partial charge in [-0.25, -0.2) is 0 Å². The van der Waals surface area contributed by atoms with Crippen molar-refractivity contribution in [2.45, 2.75) is 12.3 Å². The van der Waals surface area contributed by atoms with Gasteiger partial charge in [0.2, 0.25) is 17.6 Å². The Labute approximate surface area is 156 Å². The normalized spacial score (nSPS) is 10.7. The molecule has 0 aliphatic heterocycles. The zero-order chi connectivity index (χ0) is 16.8. The van der Waals surface area contributed by atoms with E-state index in [9.17, 15) is 4.79 Å². The van der Waals surface area contributed by atoms with Crippen LogP contribution in [0.4, 0.5) is 0 Å². The lowest BCUT2D eigenvalue weighted by Gasteiger charge is -2.03. The number of nitrogens with zero attached hydrogens (tertiary/aromatic N) is 2. The monoisotopic (exact) mass is 423 g/mol. The highest BCUT2D eigenvalue weighted by atomic mass is 79.9. The number of hydrogen-bond acceptors (Lipinski definition) is 6. The maximum atomic E-state index is 11.9. The number of thiophene rings is 1. The van der Waals surface area contributed by atoms with E-state index >= 15 is 0 Å².